The first-order chi connectivity index (χ1) is 9.81. The summed E-state index contributed by atoms with van der Waals surface area (Å²) in [4.78, 5) is 4.33. The molecule has 20 heavy (non-hydrogen) atoms. The number of aryl methyl sites for hydroxylation is 3. The van der Waals surface area contributed by atoms with E-state index in [9.17, 15) is 0 Å². The number of nitrogens with two attached hydrogens (primary N) is 1. The molecule has 0 spiro atoms. The van der Waals surface area contributed by atoms with Gasteiger partial charge < -0.3 is 0 Å². The molecule has 106 valence electrons. The minimum absolute atomic E-state index is 0.0791. The molecular formula is C15H21N5. The number of fused-ring (bicyclic) bond motifs is 1. The lowest BCUT2D eigenvalue weighted by molar-refractivity contribution is 0.510. The van der Waals surface area contributed by atoms with Crippen LogP contribution in [0.1, 0.15) is 41.9 Å². The predicted molar refractivity (Wildman–Crippen MR) is 77.9 cm³/mol. The lowest BCUT2D eigenvalue weighted by Crippen LogP contribution is -2.30. The lowest BCUT2D eigenvalue weighted by Gasteiger charge is -2.17. The molecule has 0 bridgehead atoms. The van der Waals surface area contributed by atoms with Gasteiger partial charge in [-0.2, -0.15) is 5.10 Å². The van der Waals surface area contributed by atoms with E-state index in [1.807, 2.05) is 4.68 Å². The van der Waals surface area contributed by atoms with Crippen LogP contribution < -0.4 is 11.3 Å². The smallest absolute Gasteiger partial charge is 0.138 e. The average Bonchev–Trinajstić information content (AvgIpc) is 3.12. The number of nitrogens with one attached hydrogen (secondary N) is 1. The van der Waals surface area contributed by atoms with E-state index < -0.39 is 0 Å². The molecule has 3 N–H and O–H groups in total. The molecular weight excluding hydrogens is 250 g/mol. The summed E-state index contributed by atoms with van der Waals surface area (Å²) in [5, 5.41) is 4.21. The summed E-state index contributed by atoms with van der Waals surface area (Å²) >= 11 is 0. The molecule has 1 aromatic carbocycles. The highest BCUT2D eigenvalue weighted by Crippen LogP contribution is 2.26. The zero-order valence-corrected chi connectivity index (χ0v) is 11.8. The highest BCUT2D eigenvalue weighted by atomic mass is 15.3. The zero-order valence-electron chi connectivity index (χ0n) is 11.8. The standard InChI is InChI=1S/C15H21N5/c1-2-20-15(17-10-18-20)9-14(19-16)13-7-6-11-4-3-5-12(11)8-13/h6-8,10,14,19H,2-5,9,16H2,1H3. The maximum absolute atomic E-state index is 5.75. The fourth-order valence-electron chi connectivity index (χ4n) is 2.97. The summed E-state index contributed by atoms with van der Waals surface area (Å²) in [5.41, 5.74) is 7.11. The molecule has 1 aliphatic rings. The highest BCUT2D eigenvalue weighted by molar-refractivity contribution is 5.36. The van der Waals surface area contributed by atoms with Crippen LogP contribution in [0.15, 0.2) is 24.5 Å². The number of hydrazine groups is 1. The Hall–Kier alpha value is -1.72. The third kappa shape index (κ3) is 2.46. The fraction of sp³-hybridized carbons (Fsp3) is 0.467. The van der Waals surface area contributed by atoms with Gasteiger partial charge in [0.25, 0.3) is 0 Å². The van der Waals surface area contributed by atoms with Gasteiger partial charge in [-0.25, -0.2) is 4.98 Å². The SMILES string of the molecule is CCn1ncnc1CC(NN)c1ccc2c(c1)CCC2. The number of aromatic nitrogens is 3. The normalized spacial score (nSPS) is 15.3. The number of nitrogens with zero attached hydrogens (tertiary/aromatic N) is 3. The molecule has 1 unspecified atom stereocenters. The van der Waals surface area contributed by atoms with Gasteiger partial charge in [-0.05, 0) is 42.9 Å². The van der Waals surface area contributed by atoms with Crippen LogP contribution in [0.3, 0.4) is 0 Å². The number of benzene rings is 1. The Labute approximate surface area is 119 Å². The third-order valence-corrected chi connectivity index (χ3v) is 4.11. The molecule has 0 amide bonds. The number of hydrogen-bond acceptors (Lipinski definition) is 4. The van der Waals surface area contributed by atoms with Gasteiger partial charge in [0.15, 0.2) is 0 Å². The van der Waals surface area contributed by atoms with Crippen LogP contribution in [0.25, 0.3) is 0 Å². The Morgan fingerprint density at radius 1 is 1.35 bits per heavy atom. The van der Waals surface area contributed by atoms with Gasteiger partial charge >= 0.3 is 0 Å². The zero-order chi connectivity index (χ0) is 13.9. The summed E-state index contributed by atoms with van der Waals surface area (Å²) in [5.74, 6) is 6.72. The quantitative estimate of drug-likeness (QED) is 0.639. The first kappa shape index (κ1) is 13.3. The van der Waals surface area contributed by atoms with E-state index >= 15 is 0 Å². The van der Waals surface area contributed by atoms with Crippen molar-refractivity contribution in [1.29, 1.82) is 0 Å². The molecule has 0 saturated carbocycles. The summed E-state index contributed by atoms with van der Waals surface area (Å²) in [6.07, 6.45) is 6.02. The van der Waals surface area contributed by atoms with Crippen molar-refractivity contribution in [2.75, 3.05) is 0 Å². The molecule has 1 heterocycles. The van der Waals surface area contributed by atoms with Crippen molar-refractivity contribution in [3.63, 3.8) is 0 Å². The van der Waals surface area contributed by atoms with Crippen LogP contribution >= 0.6 is 0 Å². The minimum Gasteiger partial charge on any atom is -0.271 e. The van der Waals surface area contributed by atoms with Gasteiger partial charge in [0, 0.05) is 13.0 Å². The Morgan fingerprint density at radius 3 is 3.00 bits per heavy atom. The molecule has 0 saturated heterocycles. The molecule has 0 aliphatic heterocycles. The second-order valence-corrected chi connectivity index (χ2v) is 5.30. The predicted octanol–water partition coefficient (Wildman–Crippen LogP) is 1.53. The van der Waals surface area contributed by atoms with Crippen molar-refractivity contribution >= 4 is 0 Å². The van der Waals surface area contributed by atoms with Crippen LogP contribution in [0.5, 0.6) is 0 Å². The fourth-order valence-corrected chi connectivity index (χ4v) is 2.97. The van der Waals surface area contributed by atoms with Gasteiger partial charge in [0.2, 0.25) is 0 Å². The monoisotopic (exact) mass is 271 g/mol. The van der Waals surface area contributed by atoms with E-state index in [2.05, 4.69) is 40.6 Å². The van der Waals surface area contributed by atoms with Gasteiger partial charge in [0.05, 0.1) is 6.04 Å². The largest absolute Gasteiger partial charge is 0.271 e. The van der Waals surface area contributed by atoms with Crippen LogP contribution in [0.2, 0.25) is 0 Å². The van der Waals surface area contributed by atoms with Crippen molar-refractivity contribution < 1.29 is 0 Å². The molecule has 1 aromatic heterocycles. The highest BCUT2D eigenvalue weighted by Gasteiger charge is 2.17. The molecule has 2 aromatic rings. The molecule has 5 nitrogen and oxygen atoms in total. The van der Waals surface area contributed by atoms with E-state index in [4.69, 9.17) is 5.84 Å². The van der Waals surface area contributed by atoms with E-state index in [0.29, 0.717) is 0 Å². The van der Waals surface area contributed by atoms with Gasteiger partial charge in [-0.15, -0.1) is 0 Å². The minimum atomic E-state index is 0.0791. The first-order valence-electron chi connectivity index (χ1n) is 7.26. The van der Waals surface area contributed by atoms with Crippen molar-refractivity contribution in [3.05, 3.63) is 47.0 Å². The van der Waals surface area contributed by atoms with Gasteiger partial charge in [-0.3, -0.25) is 16.0 Å². The molecule has 5 heteroatoms. The number of rotatable bonds is 5. The van der Waals surface area contributed by atoms with Crippen molar-refractivity contribution in [1.82, 2.24) is 20.2 Å². The van der Waals surface area contributed by atoms with Crippen LogP contribution in [0.4, 0.5) is 0 Å². The summed E-state index contributed by atoms with van der Waals surface area (Å²) in [6.45, 7) is 2.90. The third-order valence-electron chi connectivity index (χ3n) is 4.11. The summed E-state index contributed by atoms with van der Waals surface area (Å²) in [6, 6.07) is 6.79. The van der Waals surface area contributed by atoms with Crippen molar-refractivity contribution in [2.45, 2.75) is 45.2 Å². The van der Waals surface area contributed by atoms with E-state index in [1.165, 1.54) is 36.0 Å². The summed E-state index contributed by atoms with van der Waals surface area (Å²) in [7, 11) is 0. The Morgan fingerprint density at radius 2 is 2.20 bits per heavy atom. The van der Waals surface area contributed by atoms with Crippen LogP contribution in [0, 0.1) is 0 Å². The lowest BCUT2D eigenvalue weighted by atomic mass is 9.99. The Kier molecular flexibility index (Phi) is 3.80. The first-order valence-corrected chi connectivity index (χ1v) is 7.26. The van der Waals surface area contributed by atoms with Crippen LogP contribution in [-0.2, 0) is 25.8 Å². The maximum atomic E-state index is 5.75. The van der Waals surface area contributed by atoms with Crippen molar-refractivity contribution in [3.8, 4) is 0 Å². The molecule has 1 atom stereocenters. The Balaban J connectivity index is 1.83. The second kappa shape index (κ2) is 5.73. The summed E-state index contributed by atoms with van der Waals surface area (Å²) < 4.78 is 1.91. The number of hydrogen-bond donors (Lipinski definition) is 2. The molecule has 0 radical (unpaired) electrons. The topological polar surface area (TPSA) is 68.8 Å². The average molecular weight is 271 g/mol. The van der Waals surface area contributed by atoms with Gasteiger partial charge in [0.1, 0.15) is 12.2 Å². The second-order valence-electron chi connectivity index (χ2n) is 5.30. The van der Waals surface area contributed by atoms with Crippen molar-refractivity contribution in [2.24, 2.45) is 5.84 Å². The molecule has 3 rings (SSSR count). The van der Waals surface area contributed by atoms with Crippen LogP contribution in [-0.4, -0.2) is 14.8 Å². The molecule has 1 aliphatic carbocycles. The Bertz CT molecular complexity index is 590. The van der Waals surface area contributed by atoms with E-state index in [1.54, 1.807) is 6.33 Å². The van der Waals surface area contributed by atoms with Gasteiger partial charge in [-0.1, -0.05) is 18.2 Å². The van der Waals surface area contributed by atoms with E-state index in [-0.39, 0.29) is 6.04 Å². The molecule has 0 fully saturated rings. The maximum Gasteiger partial charge on any atom is 0.138 e. The van der Waals surface area contributed by atoms with E-state index in [0.717, 1.165) is 18.8 Å².